The van der Waals surface area contributed by atoms with Gasteiger partial charge in [0.25, 0.3) is 5.91 Å². The number of phenols is 1. The van der Waals surface area contributed by atoms with Crippen molar-refractivity contribution in [2.75, 3.05) is 5.32 Å². The maximum atomic E-state index is 12.2. The summed E-state index contributed by atoms with van der Waals surface area (Å²) >= 11 is 3.32. The van der Waals surface area contributed by atoms with Crippen LogP contribution < -0.4 is 5.32 Å². The fourth-order valence-corrected chi connectivity index (χ4v) is 2.34. The van der Waals surface area contributed by atoms with Crippen LogP contribution in [0.2, 0.25) is 0 Å². The number of aromatic hydroxyl groups is 1. The number of benzene rings is 2. The molecule has 0 saturated heterocycles. The highest BCUT2D eigenvalue weighted by Gasteiger charge is 2.13. The Kier molecular flexibility index (Phi) is 4.28. The van der Waals surface area contributed by atoms with E-state index in [0.717, 1.165) is 10.0 Å². The van der Waals surface area contributed by atoms with Gasteiger partial charge in [-0.05, 0) is 48.9 Å². The van der Waals surface area contributed by atoms with Gasteiger partial charge in [-0.1, -0.05) is 15.9 Å². The SMILES string of the molecule is Cc1cc(Br)ccc1C(=O)Nc1ccc(O)c(C(=O)O)c1. The van der Waals surface area contributed by atoms with E-state index in [-0.39, 0.29) is 17.2 Å². The van der Waals surface area contributed by atoms with E-state index in [9.17, 15) is 14.7 Å². The summed E-state index contributed by atoms with van der Waals surface area (Å²) in [5, 5.41) is 21.0. The van der Waals surface area contributed by atoms with Crippen molar-refractivity contribution in [2.45, 2.75) is 6.92 Å². The molecule has 2 aromatic carbocycles. The van der Waals surface area contributed by atoms with Crippen LogP contribution in [0.1, 0.15) is 26.3 Å². The molecule has 0 heterocycles. The lowest BCUT2D eigenvalue weighted by Gasteiger charge is -2.09. The molecule has 0 spiro atoms. The van der Waals surface area contributed by atoms with Gasteiger partial charge in [0.15, 0.2) is 0 Å². The van der Waals surface area contributed by atoms with Gasteiger partial charge in [-0.15, -0.1) is 0 Å². The summed E-state index contributed by atoms with van der Waals surface area (Å²) in [6.45, 7) is 1.80. The first-order chi connectivity index (χ1) is 9.88. The predicted molar refractivity (Wildman–Crippen MR) is 81.9 cm³/mol. The summed E-state index contributed by atoms with van der Waals surface area (Å²) in [5.41, 5.74) is 1.32. The molecule has 0 aliphatic rings. The van der Waals surface area contributed by atoms with Crippen molar-refractivity contribution in [1.82, 2.24) is 0 Å². The second kappa shape index (κ2) is 5.97. The molecule has 0 atom stereocenters. The monoisotopic (exact) mass is 349 g/mol. The van der Waals surface area contributed by atoms with Gasteiger partial charge < -0.3 is 15.5 Å². The average molecular weight is 350 g/mol. The molecular formula is C15H12BrNO4. The van der Waals surface area contributed by atoms with Crippen LogP contribution >= 0.6 is 15.9 Å². The molecular weight excluding hydrogens is 338 g/mol. The maximum Gasteiger partial charge on any atom is 0.339 e. The van der Waals surface area contributed by atoms with Crippen molar-refractivity contribution in [3.05, 3.63) is 57.6 Å². The minimum absolute atomic E-state index is 0.264. The summed E-state index contributed by atoms with van der Waals surface area (Å²) in [5.74, 6) is -1.95. The van der Waals surface area contributed by atoms with E-state index in [1.54, 1.807) is 19.1 Å². The number of carbonyl (C=O) groups excluding carboxylic acids is 1. The molecule has 0 aromatic heterocycles. The van der Waals surface area contributed by atoms with Crippen LogP contribution in [-0.4, -0.2) is 22.1 Å². The molecule has 1 amide bonds. The van der Waals surface area contributed by atoms with Gasteiger partial charge in [0.2, 0.25) is 0 Å². The summed E-state index contributed by atoms with van der Waals surface area (Å²) in [6, 6.07) is 9.12. The fourth-order valence-electron chi connectivity index (χ4n) is 1.87. The first-order valence-electron chi connectivity index (χ1n) is 6.02. The molecule has 6 heteroatoms. The van der Waals surface area contributed by atoms with Crippen molar-refractivity contribution in [2.24, 2.45) is 0 Å². The average Bonchev–Trinajstić information content (AvgIpc) is 2.40. The van der Waals surface area contributed by atoms with E-state index in [1.807, 2.05) is 6.07 Å². The first-order valence-corrected chi connectivity index (χ1v) is 6.81. The Morgan fingerprint density at radius 3 is 2.43 bits per heavy atom. The second-order valence-corrected chi connectivity index (χ2v) is 5.37. The molecule has 0 aliphatic heterocycles. The molecule has 0 fully saturated rings. The van der Waals surface area contributed by atoms with Gasteiger partial charge in [-0.25, -0.2) is 4.79 Å². The minimum Gasteiger partial charge on any atom is -0.507 e. The number of carbonyl (C=O) groups is 2. The molecule has 0 aliphatic carbocycles. The molecule has 5 nitrogen and oxygen atoms in total. The van der Waals surface area contributed by atoms with Crippen molar-refractivity contribution in [3.8, 4) is 5.75 Å². The van der Waals surface area contributed by atoms with Gasteiger partial charge >= 0.3 is 5.97 Å². The lowest BCUT2D eigenvalue weighted by atomic mass is 10.1. The second-order valence-electron chi connectivity index (χ2n) is 4.45. The molecule has 2 rings (SSSR count). The van der Waals surface area contributed by atoms with Crippen molar-refractivity contribution in [3.63, 3.8) is 0 Å². The number of carboxylic acid groups (broad SMARTS) is 1. The zero-order chi connectivity index (χ0) is 15.6. The Balaban J connectivity index is 2.27. The summed E-state index contributed by atoms with van der Waals surface area (Å²) in [6.07, 6.45) is 0. The van der Waals surface area contributed by atoms with Crippen LogP contribution in [0.3, 0.4) is 0 Å². The zero-order valence-corrected chi connectivity index (χ0v) is 12.6. The zero-order valence-electron chi connectivity index (χ0n) is 11.1. The van der Waals surface area contributed by atoms with Crippen LogP contribution in [0.5, 0.6) is 5.75 Å². The number of aromatic carboxylic acids is 1. The minimum atomic E-state index is -1.26. The Labute approximate surface area is 129 Å². The van der Waals surface area contributed by atoms with Crippen LogP contribution in [0.15, 0.2) is 40.9 Å². The molecule has 0 unspecified atom stereocenters. The summed E-state index contributed by atoms with van der Waals surface area (Å²) in [7, 11) is 0. The van der Waals surface area contributed by atoms with Gasteiger partial charge in [0.05, 0.1) is 0 Å². The van der Waals surface area contributed by atoms with E-state index < -0.39 is 5.97 Å². The lowest BCUT2D eigenvalue weighted by molar-refractivity contribution is 0.0693. The standard InChI is InChI=1S/C15H12BrNO4/c1-8-6-9(16)2-4-11(8)14(19)17-10-3-5-13(18)12(7-10)15(20)21/h2-7,18H,1H3,(H,17,19)(H,20,21). The van der Waals surface area contributed by atoms with Gasteiger partial charge in [-0.3, -0.25) is 4.79 Å². The molecule has 3 N–H and O–H groups in total. The van der Waals surface area contributed by atoms with Crippen molar-refractivity contribution in [1.29, 1.82) is 0 Å². The Hall–Kier alpha value is -2.34. The number of carboxylic acids is 1. The summed E-state index contributed by atoms with van der Waals surface area (Å²) in [4.78, 5) is 23.1. The number of halogens is 1. The number of rotatable bonds is 3. The highest BCUT2D eigenvalue weighted by atomic mass is 79.9. The van der Waals surface area contributed by atoms with Gasteiger partial charge in [-0.2, -0.15) is 0 Å². The van der Waals surface area contributed by atoms with E-state index >= 15 is 0 Å². The van der Waals surface area contributed by atoms with Crippen LogP contribution in [0.4, 0.5) is 5.69 Å². The van der Waals surface area contributed by atoms with Crippen LogP contribution in [0, 0.1) is 6.92 Å². The third kappa shape index (κ3) is 3.41. The topological polar surface area (TPSA) is 86.6 Å². The molecule has 0 bridgehead atoms. The Bertz CT molecular complexity index is 728. The smallest absolute Gasteiger partial charge is 0.339 e. The first kappa shape index (κ1) is 15.1. The van der Waals surface area contributed by atoms with Crippen LogP contribution in [0.25, 0.3) is 0 Å². The highest BCUT2D eigenvalue weighted by molar-refractivity contribution is 9.10. The quantitative estimate of drug-likeness (QED) is 0.741. The number of nitrogens with one attached hydrogen (secondary N) is 1. The van der Waals surface area contributed by atoms with Crippen molar-refractivity contribution < 1.29 is 19.8 Å². The number of hydrogen-bond acceptors (Lipinski definition) is 3. The molecule has 0 radical (unpaired) electrons. The normalized spacial score (nSPS) is 10.2. The lowest BCUT2D eigenvalue weighted by Crippen LogP contribution is -2.13. The number of aryl methyl sites for hydroxylation is 1. The van der Waals surface area contributed by atoms with E-state index in [0.29, 0.717) is 11.3 Å². The van der Waals surface area contributed by atoms with E-state index in [4.69, 9.17) is 5.11 Å². The predicted octanol–water partition coefficient (Wildman–Crippen LogP) is 3.41. The molecule has 2 aromatic rings. The van der Waals surface area contributed by atoms with Gasteiger partial charge in [0.1, 0.15) is 11.3 Å². The number of anilines is 1. The van der Waals surface area contributed by atoms with Crippen LogP contribution in [-0.2, 0) is 0 Å². The third-order valence-corrected chi connectivity index (χ3v) is 3.41. The molecule has 108 valence electrons. The largest absolute Gasteiger partial charge is 0.507 e. The highest BCUT2D eigenvalue weighted by Crippen LogP contribution is 2.23. The summed E-state index contributed by atoms with van der Waals surface area (Å²) < 4.78 is 0.870. The Morgan fingerprint density at radius 2 is 1.81 bits per heavy atom. The maximum absolute atomic E-state index is 12.2. The third-order valence-electron chi connectivity index (χ3n) is 2.92. The fraction of sp³-hybridized carbons (Fsp3) is 0.0667. The molecule has 0 saturated carbocycles. The van der Waals surface area contributed by atoms with E-state index in [2.05, 4.69) is 21.2 Å². The van der Waals surface area contributed by atoms with Crippen molar-refractivity contribution >= 4 is 33.5 Å². The number of amides is 1. The Morgan fingerprint density at radius 1 is 1.10 bits per heavy atom. The molecule has 21 heavy (non-hydrogen) atoms. The van der Waals surface area contributed by atoms with Gasteiger partial charge in [0, 0.05) is 15.7 Å². The van der Waals surface area contributed by atoms with E-state index in [1.165, 1.54) is 18.2 Å². The number of hydrogen-bond donors (Lipinski definition) is 3.